The van der Waals surface area contributed by atoms with Gasteiger partial charge >= 0.3 is 0 Å². The fourth-order valence-electron chi connectivity index (χ4n) is 8.13. The Kier molecular flexibility index (Phi) is 4.81. The van der Waals surface area contributed by atoms with Crippen molar-refractivity contribution in [3.8, 4) is 11.3 Å². The molecule has 45 heavy (non-hydrogen) atoms. The summed E-state index contributed by atoms with van der Waals surface area (Å²) in [6.07, 6.45) is 0.248. The van der Waals surface area contributed by atoms with E-state index in [-0.39, 0.29) is 6.42 Å². The number of halogens is 1. The Hall–Kier alpha value is -5.61. The van der Waals surface area contributed by atoms with Crippen molar-refractivity contribution in [3.63, 3.8) is 0 Å². The normalized spacial score (nSPS) is 19.8. The molecule has 2 bridgehead atoms. The van der Waals surface area contributed by atoms with E-state index in [1.807, 2.05) is 84.9 Å². The fourth-order valence-corrected chi connectivity index (χ4v) is 8.13. The maximum Gasteiger partial charge on any atom is 0.165 e. The van der Waals surface area contributed by atoms with E-state index in [9.17, 15) is 0 Å². The van der Waals surface area contributed by atoms with E-state index in [0.717, 1.165) is 66.4 Å². The summed E-state index contributed by atoms with van der Waals surface area (Å²) in [4.78, 5) is 10.9. The highest BCUT2D eigenvalue weighted by molar-refractivity contribution is 6.11. The third-order valence-corrected chi connectivity index (χ3v) is 9.97. The Morgan fingerprint density at radius 2 is 1.13 bits per heavy atom. The van der Waals surface area contributed by atoms with Gasteiger partial charge in [-0.1, -0.05) is 121 Å². The van der Waals surface area contributed by atoms with Crippen molar-refractivity contribution in [2.45, 2.75) is 17.5 Å². The van der Waals surface area contributed by atoms with Crippen LogP contribution >= 0.6 is 0 Å². The summed E-state index contributed by atoms with van der Waals surface area (Å²) in [5, 5.41) is 3.05. The molecular formula is C41H25FN2O. The smallest absolute Gasteiger partial charge is 0.165 e. The molecule has 11 rings (SSSR count). The molecule has 0 unspecified atom stereocenters. The highest BCUT2D eigenvalue weighted by Crippen LogP contribution is 2.60. The molecule has 0 saturated carbocycles. The summed E-state index contributed by atoms with van der Waals surface area (Å²) in [6, 6.07) is 46.7. The zero-order valence-electron chi connectivity index (χ0n) is 24.2. The predicted molar refractivity (Wildman–Crippen MR) is 176 cm³/mol. The molecular weight excluding hydrogens is 555 g/mol. The van der Waals surface area contributed by atoms with Crippen LogP contribution < -0.4 is 0 Å². The molecule has 212 valence electrons. The maximum atomic E-state index is 17.8. The number of benzene rings is 6. The van der Waals surface area contributed by atoms with Crippen molar-refractivity contribution in [1.82, 2.24) is 9.97 Å². The number of aromatic nitrogens is 2. The van der Waals surface area contributed by atoms with Crippen LogP contribution in [0.4, 0.5) is 4.39 Å². The van der Waals surface area contributed by atoms with Gasteiger partial charge in [-0.2, -0.15) is 0 Å². The third kappa shape index (κ3) is 3.08. The lowest BCUT2D eigenvalue weighted by molar-refractivity contribution is 0.215. The minimum atomic E-state index is -1.68. The zero-order valence-corrected chi connectivity index (χ0v) is 24.2. The Morgan fingerprint density at radius 3 is 1.91 bits per heavy atom. The Balaban J connectivity index is 1.39. The maximum absolute atomic E-state index is 17.8. The minimum Gasteiger partial charge on any atom is -0.455 e. The van der Waals surface area contributed by atoms with Gasteiger partial charge < -0.3 is 4.42 Å². The largest absolute Gasteiger partial charge is 0.455 e. The van der Waals surface area contributed by atoms with Crippen LogP contribution in [-0.2, 0) is 17.5 Å². The lowest BCUT2D eigenvalue weighted by Crippen LogP contribution is -2.41. The van der Waals surface area contributed by atoms with Gasteiger partial charge in [-0.15, -0.1) is 0 Å². The highest BCUT2D eigenvalue weighted by atomic mass is 19.1. The van der Waals surface area contributed by atoms with E-state index in [1.165, 1.54) is 0 Å². The molecule has 0 spiro atoms. The number of fused-ring (bicyclic) bond motifs is 4. The lowest BCUT2D eigenvalue weighted by Gasteiger charge is -2.43. The van der Waals surface area contributed by atoms with Crippen molar-refractivity contribution in [2.75, 3.05) is 0 Å². The molecule has 3 aliphatic rings. The van der Waals surface area contributed by atoms with Crippen LogP contribution in [0.25, 0.3) is 44.1 Å². The fraction of sp³-hybridized carbons (Fsp3) is 0.0732. The second-order valence-corrected chi connectivity index (χ2v) is 12.2. The summed E-state index contributed by atoms with van der Waals surface area (Å²) < 4.78 is 24.3. The SMILES string of the molecule is FC12Cc3ccccc3C(c3nc(-c4cccc5c4oc4ccccc45)c4ccccc4n3)(c3ccccc31)c1ccccc12. The number of furan rings is 1. The molecule has 3 aliphatic carbocycles. The molecule has 3 nitrogen and oxygen atoms in total. The summed E-state index contributed by atoms with van der Waals surface area (Å²) >= 11 is 0. The van der Waals surface area contributed by atoms with Gasteiger partial charge in [-0.3, -0.25) is 0 Å². The van der Waals surface area contributed by atoms with Gasteiger partial charge in [0.2, 0.25) is 0 Å². The third-order valence-electron chi connectivity index (χ3n) is 9.97. The summed E-state index contributed by atoms with van der Waals surface area (Å²) in [7, 11) is 0. The van der Waals surface area contributed by atoms with Crippen molar-refractivity contribution >= 4 is 32.8 Å². The number of rotatable bonds is 2. The number of nitrogens with zero attached hydrogens (tertiary/aromatic N) is 2. The van der Waals surface area contributed by atoms with Crippen LogP contribution in [-0.4, -0.2) is 9.97 Å². The quantitative estimate of drug-likeness (QED) is 0.204. The number of para-hydroxylation sites is 3. The molecule has 2 aromatic heterocycles. The van der Waals surface area contributed by atoms with E-state index in [4.69, 9.17) is 14.4 Å². The number of hydrogen-bond acceptors (Lipinski definition) is 3. The topological polar surface area (TPSA) is 38.9 Å². The van der Waals surface area contributed by atoms with Crippen molar-refractivity contribution in [1.29, 1.82) is 0 Å². The summed E-state index contributed by atoms with van der Waals surface area (Å²) in [5.74, 6) is 0.626. The lowest BCUT2D eigenvalue weighted by atomic mass is 9.61. The summed E-state index contributed by atoms with van der Waals surface area (Å²) in [5.41, 5.74) is 6.66. The van der Waals surface area contributed by atoms with Gasteiger partial charge in [0.25, 0.3) is 0 Å². The van der Waals surface area contributed by atoms with Crippen LogP contribution in [0.5, 0.6) is 0 Å². The number of hydrogen-bond donors (Lipinski definition) is 0. The first-order chi connectivity index (χ1) is 22.2. The van der Waals surface area contributed by atoms with Crippen molar-refractivity contribution in [3.05, 3.63) is 179 Å². The van der Waals surface area contributed by atoms with Crippen LogP contribution in [0.15, 0.2) is 144 Å². The molecule has 0 aliphatic heterocycles. The molecule has 4 heteroatoms. The van der Waals surface area contributed by atoms with E-state index in [0.29, 0.717) is 17.0 Å². The van der Waals surface area contributed by atoms with Gasteiger partial charge in [0.05, 0.1) is 11.2 Å². The monoisotopic (exact) mass is 580 g/mol. The van der Waals surface area contributed by atoms with Gasteiger partial charge in [0, 0.05) is 28.1 Å². The Morgan fingerprint density at radius 1 is 0.533 bits per heavy atom. The van der Waals surface area contributed by atoms with Crippen molar-refractivity contribution < 1.29 is 8.81 Å². The first-order valence-corrected chi connectivity index (χ1v) is 15.3. The van der Waals surface area contributed by atoms with Gasteiger partial charge in [-0.25, -0.2) is 14.4 Å². The molecule has 0 fully saturated rings. The molecule has 6 aromatic carbocycles. The van der Waals surface area contributed by atoms with Crippen molar-refractivity contribution in [2.24, 2.45) is 0 Å². The first-order valence-electron chi connectivity index (χ1n) is 15.3. The average molecular weight is 581 g/mol. The van der Waals surface area contributed by atoms with Gasteiger partial charge in [0.15, 0.2) is 5.67 Å². The molecule has 2 heterocycles. The van der Waals surface area contributed by atoms with Crippen LogP contribution in [0.2, 0.25) is 0 Å². The standard InChI is InChI=1S/C41H25FN2O/c42-40-24-25-12-1-4-17-30(25)41(33-20-7-5-18-31(33)40,34-21-8-6-19-32(34)40)39-43-35-22-9-2-14-28(35)37(44-39)29-16-11-15-27-26-13-3-10-23-36(26)45-38(27)29/h1-23H,24H2. The van der Waals surface area contributed by atoms with Crippen LogP contribution in [0.3, 0.4) is 0 Å². The molecule has 0 amide bonds. The second-order valence-electron chi connectivity index (χ2n) is 12.2. The predicted octanol–water partition coefficient (Wildman–Crippen LogP) is 9.66. The number of alkyl halides is 1. The van der Waals surface area contributed by atoms with E-state index >= 15 is 4.39 Å². The molecule has 8 aromatic rings. The zero-order chi connectivity index (χ0) is 29.8. The second kappa shape index (κ2) is 8.73. The van der Waals surface area contributed by atoms with Gasteiger partial charge in [0.1, 0.15) is 22.4 Å². The van der Waals surface area contributed by atoms with Gasteiger partial charge in [-0.05, 0) is 51.6 Å². The highest BCUT2D eigenvalue weighted by Gasteiger charge is 2.57. The van der Waals surface area contributed by atoms with E-state index in [2.05, 4.69) is 54.6 Å². The molecule has 0 radical (unpaired) electrons. The van der Waals surface area contributed by atoms with E-state index < -0.39 is 11.1 Å². The first kappa shape index (κ1) is 24.8. The van der Waals surface area contributed by atoms with Crippen LogP contribution in [0.1, 0.15) is 39.2 Å². The Labute approximate surface area is 258 Å². The molecule has 0 atom stereocenters. The molecule has 0 saturated heterocycles. The summed E-state index contributed by atoms with van der Waals surface area (Å²) in [6.45, 7) is 0. The molecule has 0 N–H and O–H groups in total. The van der Waals surface area contributed by atoms with E-state index in [1.54, 1.807) is 0 Å². The average Bonchev–Trinajstić information content (AvgIpc) is 3.39. The Bertz CT molecular complexity index is 2460. The van der Waals surface area contributed by atoms with Crippen LogP contribution in [0, 0.1) is 0 Å². The minimum absolute atomic E-state index is 0.248.